The maximum absolute atomic E-state index is 4.07. The molecule has 1 heterocycles. The van der Waals surface area contributed by atoms with E-state index in [1.165, 1.54) is 17.4 Å². The monoisotopic (exact) mass is 276 g/mol. The van der Waals surface area contributed by atoms with E-state index >= 15 is 0 Å². The number of benzene rings is 1. The Hall–Kier alpha value is -1.75. The zero-order chi connectivity index (χ0) is 11.2. The SMILES string of the molecule is BrC(C=Nn1cncn1)=Cc1ccccc1. The Labute approximate surface area is 101 Å². The topological polar surface area (TPSA) is 43.1 Å². The molecule has 4 nitrogen and oxygen atoms in total. The lowest BCUT2D eigenvalue weighted by Crippen LogP contribution is -1.88. The van der Waals surface area contributed by atoms with Crippen LogP contribution in [0.4, 0.5) is 0 Å². The molecule has 0 aliphatic heterocycles. The van der Waals surface area contributed by atoms with Gasteiger partial charge >= 0.3 is 0 Å². The predicted octanol–water partition coefficient (Wildman–Crippen LogP) is 2.55. The van der Waals surface area contributed by atoms with Crippen molar-refractivity contribution in [3.8, 4) is 0 Å². The van der Waals surface area contributed by atoms with Crippen LogP contribution >= 0.6 is 15.9 Å². The van der Waals surface area contributed by atoms with Crippen LogP contribution < -0.4 is 0 Å². The molecule has 0 saturated heterocycles. The van der Waals surface area contributed by atoms with E-state index in [9.17, 15) is 0 Å². The van der Waals surface area contributed by atoms with Crippen LogP contribution in [0.3, 0.4) is 0 Å². The van der Waals surface area contributed by atoms with E-state index in [1.807, 2.05) is 36.4 Å². The molecule has 0 amide bonds. The van der Waals surface area contributed by atoms with E-state index in [2.05, 4.69) is 31.1 Å². The molecule has 0 radical (unpaired) electrons. The van der Waals surface area contributed by atoms with E-state index in [0.29, 0.717) is 0 Å². The number of hydrogen-bond donors (Lipinski definition) is 0. The first kappa shape index (κ1) is 10.8. The van der Waals surface area contributed by atoms with Gasteiger partial charge in [0, 0.05) is 4.48 Å². The van der Waals surface area contributed by atoms with Gasteiger partial charge < -0.3 is 0 Å². The van der Waals surface area contributed by atoms with Gasteiger partial charge in [0.25, 0.3) is 0 Å². The van der Waals surface area contributed by atoms with E-state index in [1.54, 1.807) is 6.21 Å². The number of allylic oxidation sites excluding steroid dienone is 1. The minimum absolute atomic E-state index is 0.870. The first-order valence-corrected chi connectivity index (χ1v) is 5.45. The molecule has 0 aliphatic rings. The number of nitrogens with zero attached hydrogens (tertiary/aromatic N) is 4. The lowest BCUT2D eigenvalue weighted by atomic mass is 10.2. The van der Waals surface area contributed by atoms with Crippen LogP contribution in [-0.4, -0.2) is 21.1 Å². The van der Waals surface area contributed by atoms with Crippen molar-refractivity contribution in [3.63, 3.8) is 0 Å². The highest BCUT2D eigenvalue weighted by Gasteiger charge is 1.89. The summed E-state index contributed by atoms with van der Waals surface area (Å²) >= 11 is 3.41. The molecule has 0 N–H and O–H groups in total. The average molecular weight is 277 g/mol. The first-order chi connectivity index (χ1) is 7.84. The fourth-order valence-corrected chi connectivity index (χ4v) is 1.48. The third-order valence-electron chi connectivity index (χ3n) is 1.81. The highest BCUT2D eigenvalue weighted by Crippen LogP contribution is 2.09. The van der Waals surface area contributed by atoms with Crippen LogP contribution in [0.1, 0.15) is 5.56 Å². The Morgan fingerprint density at radius 1 is 1.31 bits per heavy atom. The zero-order valence-corrected chi connectivity index (χ0v) is 9.95. The van der Waals surface area contributed by atoms with Gasteiger partial charge in [-0.25, -0.2) is 4.98 Å². The quantitative estimate of drug-likeness (QED) is 0.809. The van der Waals surface area contributed by atoms with Crippen LogP contribution in [0.2, 0.25) is 0 Å². The third kappa shape index (κ3) is 3.13. The average Bonchev–Trinajstić information content (AvgIpc) is 2.81. The van der Waals surface area contributed by atoms with E-state index in [-0.39, 0.29) is 0 Å². The molecule has 0 saturated carbocycles. The van der Waals surface area contributed by atoms with Gasteiger partial charge in [-0.1, -0.05) is 30.3 Å². The molecular formula is C11H9BrN4. The molecule has 16 heavy (non-hydrogen) atoms. The van der Waals surface area contributed by atoms with Crippen LogP contribution in [0, 0.1) is 0 Å². The van der Waals surface area contributed by atoms with Crippen molar-refractivity contribution in [2.24, 2.45) is 5.10 Å². The molecule has 0 spiro atoms. The third-order valence-corrected chi connectivity index (χ3v) is 2.24. The number of rotatable bonds is 3. The van der Waals surface area contributed by atoms with E-state index in [4.69, 9.17) is 0 Å². The van der Waals surface area contributed by atoms with Gasteiger partial charge in [-0.3, -0.25) is 0 Å². The minimum Gasteiger partial charge on any atom is -0.221 e. The summed E-state index contributed by atoms with van der Waals surface area (Å²) in [5, 5.41) is 7.92. The van der Waals surface area contributed by atoms with Gasteiger partial charge in [-0.05, 0) is 27.6 Å². The summed E-state index contributed by atoms with van der Waals surface area (Å²) in [6.07, 6.45) is 6.60. The summed E-state index contributed by atoms with van der Waals surface area (Å²) in [4.78, 5) is 5.18. The number of halogens is 1. The van der Waals surface area contributed by atoms with Crippen molar-refractivity contribution in [1.82, 2.24) is 14.9 Å². The predicted molar refractivity (Wildman–Crippen MR) is 67.3 cm³/mol. The summed E-state index contributed by atoms with van der Waals surface area (Å²) in [7, 11) is 0. The molecule has 1 aromatic carbocycles. The molecule has 0 unspecified atom stereocenters. The normalized spacial score (nSPS) is 12.2. The minimum atomic E-state index is 0.870. The molecule has 5 heteroatoms. The summed E-state index contributed by atoms with van der Waals surface area (Å²) in [5.41, 5.74) is 1.11. The molecule has 1 aromatic heterocycles. The molecule has 0 atom stereocenters. The van der Waals surface area contributed by atoms with Crippen LogP contribution in [0.15, 0.2) is 52.6 Å². The van der Waals surface area contributed by atoms with Crippen molar-refractivity contribution in [3.05, 3.63) is 53.0 Å². The van der Waals surface area contributed by atoms with Gasteiger partial charge in [0.05, 0.1) is 6.21 Å². The lowest BCUT2D eigenvalue weighted by molar-refractivity contribution is 0.743. The summed E-state index contributed by atoms with van der Waals surface area (Å²) < 4.78 is 0.870. The fourth-order valence-electron chi connectivity index (χ4n) is 1.12. The zero-order valence-electron chi connectivity index (χ0n) is 8.36. The van der Waals surface area contributed by atoms with Crippen molar-refractivity contribution < 1.29 is 0 Å². The Balaban J connectivity index is 2.09. The molecule has 80 valence electrons. The molecule has 0 bridgehead atoms. The van der Waals surface area contributed by atoms with Crippen LogP contribution in [-0.2, 0) is 0 Å². The lowest BCUT2D eigenvalue weighted by Gasteiger charge is -1.92. The highest BCUT2D eigenvalue weighted by atomic mass is 79.9. The Morgan fingerprint density at radius 3 is 2.81 bits per heavy atom. The van der Waals surface area contributed by atoms with Gasteiger partial charge in [-0.2, -0.15) is 5.10 Å². The van der Waals surface area contributed by atoms with Gasteiger partial charge in [-0.15, -0.1) is 9.89 Å². The fraction of sp³-hybridized carbons (Fsp3) is 0. The van der Waals surface area contributed by atoms with Crippen molar-refractivity contribution in [1.29, 1.82) is 0 Å². The smallest absolute Gasteiger partial charge is 0.139 e. The second-order valence-corrected chi connectivity index (χ2v) is 3.92. The van der Waals surface area contributed by atoms with Crippen molar-refractivity contribution in [2.75, 3.05) is 0 Å². The summed E-state index contributed by atoms with van der Waals surface area (Å²) in [5.74, 6) is 0. The standard InChI is InChI=1S/C11H9BrN4/c12-11(6-10-4-2-1-3-5-10)7-14-16-9-13-8-15-16/h1-9H. The van der Waals surface area contributed by atoms with E-state index < -0.39 is 0 Å². The Morgan fingerprint density at radius 2 is 2.12 bits per heavy atom. The van der Waals surface area contributed by atoms with Crippen LogP contribution in [0.25, 0.3) is 6.08 Å². The first-order valence-electron chi connectivity index (χ1n) is 4.66. The van der Waals surface area contributed by atoms with Gasteiger partial charge in [0.1, 0.15) is 12.7 Å². The van der Waals surface area contributed by atoms with Crippen LogP contribution in [0.5, 0.6) is 0 Å². The largest absolute Gasteiger partial charge is 0.221 e. The maximum atomic E-state index is 4.07. The highest BCUT2D eigenvalue weighted by molar-refractivity contribution is 9.12. The number of aromatic nitrogens is 3. The van der Waals surface area contributed by atoms with Crippen molar-refractivity contribution in [2.45, 2.75) is 0 Å². The van der Waals surface area contributed by atoms with Gasteiger partial charge in [0.2, 0.25) is 0 Å². The Bertz CT molecular complexity index is 488. The second kappa shape index (κ2) is 5.37. The maximum Gasteiger partial charge on any atom is 0.139 e. The second-order valence-electron chi connectivity index (χ2n) is 3.00. The van der Waals surface area contributed by atoms with Crippen molar-refractivity contribution >= 4 is 28.2 Å². The summed E-state index contributed by atoms with van der Waals surface area (Å²) in [6.45, 7) is 0. The molecule has 0 aliphatic carbocycles. The van der Waals surface area contributed by atoms with Gasteiger partial charge in [0.15, 0.2) is 0 Å². The molecule has 0 fully saturated rings. The molecule has 2 aromatic rings. The molecular weight excluding hydrogens is 268 g/mol. The number of hydrogen-bond acceptors (Lipinski definition) is 3. The summed E-state index contributed by atoms with van der Waals surface area (Å²) in [6, 6.07) is 9.99. The van der Waals surface area contributed by atoms with E-state index in [0.717, 1.165) is 10.0 Å². The Kier molecular flexibility index (Phi) is 3.61. The molecule has 2 rings (SSSR count).